The highest BCUT2D eigenvalue weighted by atomic mass is 127. The molecule has 0 amide bonds. The SMILES string of the molecule is CSCc1nc(Cl)c(I)c(C2CC2)n1. The summed E-state index contributed by atoms with van der Waals surface area (Å²) in [4.78, 5) is 8.82. The first-order valence-electron chi connectivity index (χ1n) is 4.43. The summed E-state index contributed by atoms with van der Waals surface area (Å²) in [7, 11) is 0. The summed E-state index contributed by atoms with van der Waals surface area (Å²) in [5.74, 6) is 2.35. The van der Waals surface area contributed by atoms with E-state index in [-0.39, 0.29) is 0 Å². The number of halogens is 2. The summed E-state index contributed by atoms with van der Waals surface area (Å²) in [6, 6.07) is 0. The van der Waals surface area contributed by atoms with Crippen LogP contribution in [-0.2, 0) is 5.75 Å². The quantitative estimate of drug-likeness (QED) is 0.622. The van der Waals surface area contributed by atoms with Crippen molar-refractivity contribution in [1.29, 1.82) is 0 Å². The maximum Gasteiger partial charge on any atom is 0.146 e. The van der Waals surface area contributed by atoms with Crippen molar-refractivity contribution in [1.82, 2.24) is 9.97 Å². The Bertz CT molecular complexity index is 355. The summed E-state index contributed by atoms with van der Waals surface area (Å²) in [5, 5.41) is 0.617. The fourth-order valence-electron chi connectivity index (χ4n) is 1.30. The van der Waals surface area contributed by atoms with Gasteiger partial charge in [0.25, 0.3) is 0 Å². The highest BCUT2D eigenvalue weighted by Crippen LogP contribution is 2.42. The highest BCUT2D eigenvalue weighted by Gasteiger charge is 2.28. The van der Waals surface area contributed by atoms with Crippen LogP contribution in [0.2, 0.25) is 5.15 Å². The molecule has 0 saturated heterocycles. The van der Waals surface area contributed by atoms with Gasteiger partial charge in [-0.25, -0.2) is 9.97 Å². The first-order chi connectivity index (χ1) is 6.72. The Hall–Kier alpha value is 0.450. The van der Waals surface area contributed by atoms with Gasteiger partial charge in [-0.3, -0.25) is 0 Å². The number of thioether (sulfide) groups is 1. The molecule has 1 aromatic rings. The molecule has 1 aliphatic rings. The second-order valence-corrected chi connectivity index (χ2v) is 5.64. The summed E-state index contributed by atoms with van der Waals surface area (Å²) < 4.78 is 1.04. The van der Waals surface area contributed by atoms with Gasteiger partial charge < -0.3 is 0 Å². The van der Waals surface area contributed by atoms with E-state index in [4.69, 9.17) is 11.6 Å². The van der Waals surface area contributed by atoms with Crippen LogP contribution < -0.4 is 0 Å². The molecule has 1 aromatic heterocycles. The van der Waals surface area contributed by atoms with E-state index >= 15 is 0 Å². The number of hydrogen-bond acceptors (Lipinski definition) is 3. The predicted octanol–water partition coefficient (Wildman–Crippen LogP) is 3.48. The van der Waals surface area contributed by atoms with Crippen LogP contribution in [0, 0.1) is 3.57 Å². The van der Waals surface area contributed by atoms with Crippen LogP contribution in [0.1, 0.15) is 30.3 Å². The third-order valence-corrected chi connectivity index (χ3v) is 4.32. The van der Waals surface area contributed by atoms with Crippen molar-refractivity contribution >= 4 is 46.0 Å². The molecule has 76 valence electrons. The van der Waals surface area contributed by atoms with E-state index in [1.165, 1.54) is 12.8 Å². The van der Waals surface area contributed by atoms with Crippen LogP contribution in [0.25, 0.3) is 0 Å². The molecule has 2 nitrogen and oxygen atoms in total. The predicted molar refractivity (Wildman–Crippen MR) is 69.0 cm³/mol. The lowest BCUT2D eigenvalue weighted by atomic mass is 10.3. The molecule has 1 fully saturated rings. The molecule has 0 unspecified atom stereocenters. The fraction of sp³-hybridized carbons (Fsp3) is 0.556. The van der Waals surface area contributed by atoms with Gasteiger partial charge in [0.1, 0.15) is 11.0 Å². The highest BCUT2D eigenvalue weighted by molar-refractivity contribution is 14.1. The lowest BCUT2D eigenvalue weighted by Crippen LogP contribution is -2.01. The molecular weight excluding hydrogens is 331 g/mol. The average Bonchev–Trinajstić information content (AvgIpc) is 2.94. The second-order valence-electron chi connectivity index (χ2n) is 3.34. The Balaban J connectivity index is 2.36. The smallest absolute Gasteiger partial charge is 0.146 e. The second kappa shape index (κ2) is 4.53. The lowest BCUT2D eigenvalue weighted by molar-refractivity contribution is 0.919. The Morgan fingerprint density at radius 2 is 2.21 bits per heavy atom. The van der Waals surface area contributed by atoms with Crippen LogP contribution in [-0.4, -0.2) is 16.2 Å². The number of aromatic nitrogens is 2. The maximum absolute atomic E-state index is 6.06. The van der Waals surface area contributed by atoms with Crippen LogP contribution in [0.4, 0.5) is 0 Å². The van der Waals surface area contributed by atoms with Gasteiger partial charge in [0, 0.05) is 5.92 Å². The van der Waals surface area contributed by atoms with Crippen LogP contribution >= 0.6 is 46.0 Å². The molecule has 1 heterocycles. The molecule has 0 atom stereocenters. The zero-order chi connectivity index (χ0) is 10.1. The van der Waals surface area contributed by atoms with Crippen molar-refractivity contribution in [3.63, 3.8) is 0 Å². The lowest BCUT2D eigenvalue weighted by Gasteiger charge is -2.06. The van der Waals surface area contributed by atoms with E-state index in [1.54, 1.807) is 11.8 Å². The zero-order valence-corrected chi connectivity index (χ0v) is 11.5. The van der Waals surface area contributed by atoms with E-state index < -0.39 is 0 Å². The maximum atomic E-state index is 6.06. The van der Waals surface area contributed by atoms with E-state index in [1.807, 2.05) is 6.26 Å². The summed E-state index contributed by atoms with van der Waals surface area (Å²) in [5.41, 5.74) is 1.16. The van der Waals surface area contributed by atoms with Crippen LogP contribution in [0.5, 0.6) is 0 Å². The monoisotopic (exact) mass is 340 g/mol. The third-order valence-electron chi connectivity index (χ3n) is 2.12. The average molecular weight is 341 g/mol. The molecule has 1 saturated carbocycles. The van der Waals surface area contributed by atoms with E-state index in [0.29, 0.717) is 11.1 Å². The molecular formula is C9H10ClIN2S. The van der Waals surface area contributed by atoms with Gasteiger partial charge in [0.05, 0.1) is 15.0 Å². The Morgan fingerprint density at radius 3 is 2.79 bits per heavy atom. The first-order valence-corrected chi connectivity index (χ1v) is 7.28. The molecule has 0 aromatic carbocycles. The van der Waals surface area contributed by atoms with Crippen molar-refractivity contribution in [3.05, 3.63) is 20.2 Å². The standard InChI is InChI=1S/C9H10ClIN2S/c1-14-4-6-12-8(5-2-3-5)7(11)9(10)13-6/h5H,2-4H2,1H3. The van der Waals surface area contributed by atoms with Crippen LogP contribution in [0.3, 0.4) is 0 Å². The summed E-state index contributed by atoms with van der Waals surface area (Å²) >= 11 is 10.0. The molecule has 0 aliphatic heterocycles. The molecule has 2 rings (SSSR count). The Morgan fingerprint density at radius 1 is 1.50 bits per heavy atom. The van der Waals surface area contributed by atoms with Gasteiger partial charge in [-0.05, 0) is 41.7 Å². The van der Waals surface area contributed by atoms with Gasteiger partial charge in [0.2, 0.25) is 0 Å². The van der Waals surface area contributed by atoms with Gasteiger partial charge in [-0.2, -0.15) is 11.8 Å². The molecule has 14 heavy (non-hydrogen) atoms. The van der Waals surface area contributed by atoms with E-state index in [2.05, 4.69) is 32.6 Å². The minimum absolute atomic E-state index is 0.617. The topological polar surface area (TPSA) is 25.8 Å². The number of nitrogens with zero attached hydrogens (tertiary/aromatic N) is 2. The Kier molecular flexibility index (Phi) is 3.54. The molecule has 0 spiro atoms. The van der Waals surface area contributed by atoms with Crippen molar-refractivity contribution in [2.45, 2.75) is 24.5 Å². The summed E-state index contributed by atoms with van der Waals surface area (Å²) in [6.07, 6.45) is 4.55. The molecule has 0 N–H and O–H groups in total. The molecule has 5 heteroatoms. The number of hydrogen-bond donors (Lipinski definition) is 0. The minimum atomic E-state index is 0.617. The van der Waals surface area contributed by atoms with Crippen molar-refractivity contribution in [3.8, 4) is 0 Å². The third kappa shape index (κ3) is 2.33. The largest absolute Gasteiger partial charge is 0.236 e. The van der Waals surface area contributed by atoms with Gasteiger partial charge in [0.15, 0.2) is 0 Å². The molecule has 0 radical (unpaired) electrons. The van der Waals surface area contributed by atoms with Gasteiger partial charge in [-0.15, -0.1) is 0 Å². The minimum Gasteiger partial charge on any atom is -0.236 e. The van der Waals surface area contributed by atoms with Crippen molar-refractivity contribution < 1.29 is 0 Å². The van der Waals surface area contributed by atoms with Crippen molar-refractivity contribution in [2.75, 3.05) is 6.26 Å². The van der Waals surface area contributed by atoms with E-state index in [9.17, 15) is 0 Å². The van der Waals surface area contributed by atoms with Crippen molar-refractivity contribution in [2.24, 2.45) is 0 Å². The van der Waals surface area contributed by atoms with E-state index in [0.717, 1.165) is 20.8 Å². The normalized spacial score (nSPS) is 15.9. The van der Waals surface area contributed by atoms with Crippen LogP contribution in [0.15, 0.2) is 0 Å². The summed E-state index contributed by atoms with van der Waals surface area (Å²) in [6.45, 7) is 0. The molecule has 0 bridgehead atoms. The fourth-order valence-corrected chi connectivity index (χ4v) is 2.57. The van der Waals surface area contributed by atoms with Gasteiger partial charge in [-0.1, -0.05) is 11.6 Å². The molecule has 1 aliphatic carbocycles. The number of rotatable bonds is 3. The Labute approximate surface area is 106 Å². The van der Waals surface area contributed by atoms with Gasteiger partial charge >= 0.3 is 0 Å². The first kappa shape index (κ1) is 11.0. The zero-order valence-electron chi connectivity index (χ0n) is 7.76.